The maximum Gasteiger partial charge on any atom is 0.125 e. The van der Waals surface area contributed by atoms with Crippen LogP contribution in [-0.4, -0.2) is 41.0 Å². The van der Waals surface area contributed by atoms with Gasteiger partial charge in [0.15, 0.2) is 0 Å². The average molecular weight is 251 g/mol. The number of thioether (sulfide) groups is 1. The molecule has 0 amide bonds. The van der Waals surface area contributed by atoms with E-state index in [0.717, 1.165) is 24.9 Å². The van der Waals surface area contributed by atoms with Crippen LogP contribution in [0.1, 0.15) is 18.9 Å². The van der Waals surface area contributed by atoms with Crippen molar-refractivity contribution in [3.8, 4) is 0 Å². The van der Waals surface area contributed by atoms with Gasteiger partial charge in [0.2, 0.25) is 0 Å². The predicted octanol–water partition coefficient (Wildman–Crippen LogP) is 2.45. The lowest BCUT2D eigenvalue weighted by Gasteiger charge is -2.23. The van der Waals surface area contributed by atoms with Crippen molar-refractivity contribution in [2.24, 2.45) is 0 Å². The Kier molecular flexibility index (Phi) is 4.68. The summed E-state index contributed by atoms with van der Waals surface area (Å²) >= 11 is 2.06. The van der Waals surface area contributed by atoms with E-state index in [1.165, 1.54) is 23.5 Å². The molecule has 2 heterocycles. The zero-order chi connectivity index (χ0) is 12.1. The highest BCUT2D eigenvalue weighted by Gasteiger charge is 2.19. The zero-order valence-corrected chi connectivity index (χ0v) is 11.5. The Bertz CT molecular complexity index is 333. The zero-order valence-electron chi connectivity index (χ0n) is 10.6. The maximum absolute atomic E-state index is 4.41. The van der Waals surface area contributed by atoms with E-state index in [-0.39, 0.29) is 0 Å². The summed E-state index contributed by atoms with van der Waals surface area (Å²) in [5.74, 6) is 3.56. The van der Waals surface area contributed by atoms with Crippen LogP contribution in [0.25, 0.3) is 0 Å². The Balaban J connectivity index is 1.89. The molecule has 1 fully saturated rings. The highest BCUT2D eigenvalue weighted by molar-refractivity contribution is 7.99. The van der Waals surface area contributed by atoms with Gasteiger partial charge in [-0.2, -0.15) is 11.8 Å². The van der Waals surface area contributed by atoms with Crippen molar-refractivity contribution >= 4 is 17.6 Å². The number of aromatic nitrogens is 1. The van der Waals surface area contributed by atoms with Crippen molar-refractivity contribution in [1.82, 2.24) is 9.88 Å². The number of anilines is 1. The molecule has 0 saturated carbocycles. The third-order valence-electron chi connectivity index (χ3n) is 3.14. The summed E-state index contributed by atoms with van der Waals surface area (Å²) in [4.78, 5) is 6.85. The minimum Gasteiger partial charge on any atom is -0.370 e. The van der Waals surface area contributed by atoms with Gasteiger partial charge in [-0.05, 0) is 37.8 Å². The quantitative estimate of drug-likeness (QED) is 0.870. The molecule has 0 radical (unpaired) electrons. The molecule has 1 N–H and O–H groups in total. The summed E-state index contributed by atoms with van der Waals surface area (Å²) in [5, 5.41) is 3.22. The van der Waals surface area contributed by atoms with Crippen molar-refractivity contribution in [1.29, 1.82) is 0 Å². The fraction of sp³-hybridized carbons (Fsp3) is 0.615. The molecule has 3 nitrogen and oxygen atoms in total. The second-order valence-electron chi connectivity index (χ2n) is 4.51. The Labute approximate surface area is 108 Å². The first-order valence-electron chi connectivity index (χ1n) is 6.26. The van der Waals surface area contributed by atoms with Gasteiger partial charge in [-0.3, -0.25) is 4.90 Å². The fourth-order valence-corrected chi connectivity index (χ4v) is 3.39. The molecule has 4 heteroatoms. The molecular formula is C13H21N3S. The molecule has 1 aliphatic rings. The van der Waals surface area contributed by atoms with E-state index in [0.29, 0.717) is 0 Å². The molecule has 1 aromatic heterocycles. The smallest absolute Gasteiger partial charge is 0.125 e. The van der Waals surface area contributed by atoms with Gasteiger partial charge in [0.05, 0.1) is 0 Å². The summed E-state index contributed by atoms with van der Waals surface area (Å²) in [6, 6.07) is 4.98. The van der Waals surface area contributed by atoms with Crippen LogP contribution in [0.5, 0.6) is 0 Å². The SMILES string of the molecule is CCNc1ccc(CN(C)C2CCSC2)cn1. The lowest BCUT2D eigenvalue weighted by molar-refractivity contribution is 0.254. The predicted molar refractivity (Wildman–Crippen MR) is 75.6 cm³/mol. The van der Waals surface area contributed by atoms with Crippen molar-refractivity contribution in [3.63, 3.8) is 0 Å². The Morgan fingerprint density at radius 2 is 2.41 bits per heavy atom. The van der Waals surface area contributed by atoms with Gasteiger partial charge in [0.25, 0.3) is 0 Å². The molecule has 1 saturated heterocycles. The number of hydrogen-bond donors (Lipinski definition) is 1. The van der Waals surface area contributed by atoms with E-state index in [2.05, 4.69) is 53.1 Å². The molecular weight excluding hydrogens is 230 g/mol. The Morgan fingerprint density at radius 1 is 1.53 bits per heavy atom. The summed E-state index contributed by atoms with van der Waals surface area (Å²) in [6.45, 7) is 4.01. The molecule has 0 aliphatic carbocycles. The summed E-state index contributed by atoms with van der Waals surface area (Å²) in [5.41, 5.74) is 1.30. The first-order chi connectivity index (χ1) is 8.29. The first kappa shape index (κ1) is 12.7. The van der Waals surface area contributed by atoms with Gasteiger partial charge >= 0.3 is 0 Å². The maximum atomic E-state index is 4.41. The van der Waals surface area contributed by atoms with Gasteiger partial charge in [-0.15, -0.1) is 0 Å². The van der Waals surface area contributed by atoms with Crippen LogP contribution >= 0.6 is 11.8 Å². The Hall–Kier alpha value is -0.740. The van der Waals surface area contributed by atoms with Gasteiger partial charge in [-0.1, -0.05) is 6.07 Å². The van der Waals surface area contributed by atoms with Crippen LogP contribution in [0.15, 0.2) is 18.3 Å². The van der Waals surface area contributed by atoms with Crippen molar-refractivity contribution in [3.05, 3.63) is 23.9 Å². The molecule has 1 aliphatic heterocycles. The molecule has 1 aromatic rings. The summed E-state index contributed by atoms with van der Waals surface area (Å²) < 4.78 is 0. The lowest BCUT2D eigenvalue weighted by atomic mass is 10.2. The molecule has 0 spiro atoms. The van der Waals surface area contributed by atoms with E-state index >= 15 is 0 Å². The lowest BCUT2D eigenvalue weighted by Crippen LogP contribution is -2.30. The topological polar surface area (TPSA) is 28.2 Å². The largest absolute Gasteiger partial charge is 0.370 e. The van der Waals surface area contributed by atoms with E-state index in [9.17, 15) is 0 Å². The van der Waals surface area contributed by atoms with Crippen LogP contribution in [-0.2, 0) is 6.54 Å². The van der Waals surface area contributed by atoms with Crippen LogP contribution in [0.2, 0.25) is 0 Å². The second kappa shape index (κ2) is 6.26. The minimum atomic E-state index is 0.744. The van der Waals surface area contributed by atoms with Crippen LogP contribution < -0.4 is 5.32 Å². The third-order valence-corrected chi connectivity index (χ3v) is 4.29. The Morgan fingerprint density at radius 3 is 3.00 bits per heavy atom. The highest BCUT2D eigenvalue weighted by atomic mass is 32.2. The van der Waals surface area contributed by atoms with Crippen molar-refractivity contribution < 1.29 is 0 Å². The number of hydrogen-bond acceptors (Lipinski definition) is 4. The average Bonchev–Trinajstić information content (AvgIpc) is 2.86. The van der Waals surface area contributed by atoms with E-state index in [4.69, 9.17) is 0 Å². The highest BCUT2D eigenvalue weighted by Crippen LogP contribution is 2.22. The van der Waals surface area contributed by atoms with Gasteiger partial charge in [0.1, 0.15) is 5.82 Å². The third kappa shape index (κ3) is 3.61. The summed E-state index contributed by atoms with van der Waals surface area (Å²) in [6.07, 6.45) is 3.31. The minimum absolute atomic E-state index is 0.744. The van der Waals surface area contributed by atoms with Crippen LogP contribution in [0, 0.1) is 0 Å². The van der Waals surface area contributed by atoms with Crippen LogP contribution in [0.4, 0.5) is 5.82 Å². The van der Waals surface area contributed by atoms with Crippen LogP contribution in [0.3, 0.4) is 0 Å². The van der Waals surface area contributed by atoms with E-state index in [1.54, 1.807) is 0 Å². The molecule has 2 rings (SSSR count). The fourth-order valence-electron chi connectivity index (χ4n) is 2.09. The van der Waals surface area contributed by atoms with Gasteiger partial charge < -0.3 is 5.32 Å². The standard InChI is InChI=1S/C13H21N3S/c1-3-14-13-5-4-11(8-15-13)9-16(2)12-6-7-17-10-12/h4-5,8,12H,3,6-7,9-10H2,1-2H3,(H,14,15). The van der Waals surface area contributed by atoms with Gasteiger partial charge in [0, 0.05) is 31.1 Å². The van der Waals surface area contributed by atoms with Crippen molar-refractivity contribution in [2.45, 2.75) is 25.9 Å². The van der Waals surface area contributed by atoms with Crippen molar-refractivity contribution in [2.75, 3.05) is 30.4 Å². The number of rotatable bonds is 5. The summed E-state index contributed by atoms with van der Waals surface area (Å²) in [7, 11) is 2.22. The number of nitrogens with zero attached hydrogens (tertiary/aromatic N) is 2. The molecule has 1 unspecified atom stereocenters. The molecule has 0 aromatic carbocycles. The second-order valence-corrected chi connectivity index (χ2v) is 5.66. The molecule has 1 atom stereocenters. The number of pyridine rings is 1. The first-order valence-corrected chi connectivity index (χ1v) is 7.42. The van der Waals surface area contributed by atoms with E-state index in [1.807, 2.05) is 6.20 Å². The van der Waals surface area contributed by atoms with E-state index < -0.39 is 0 Å². The monoisotopic (exact) mass is 251 g/mol. The molecule has 94 valence electrons. The molecule has 0 bridgehead atoms. The molecule has 17 heavy (non-hydrogen) atoms. The van der Waals surface area contributed by atoms with Gasteiger partial charge in [-0.25, -0.2) is 4.98 Å². The number of nitrogens with one attached hydrogen (secondary N) is 1. The normalized spacial score (nSPS) is 19.8.